The molecule has 2 aromatic rings. The zero-order valence-electron chi connectivity index (χ0n) is 16.4. The van der Waals surface area contributed by atoms with Gasteiger partial charge in [-0.05, 0) is 44.4 Å². The minimum Gasteiger partial charge on any atom is -0.347 e. The topological polar surface area (TPSA) is 73.1 Å². The third-order valence-corrected chi connectivity index (χ3v) is 5.07. The van der Waals surface area contributed by atoms with Crippen molar-refractivity contribution in [2.45, 2.75) is 26.7 Å². The van der Waals surface area contributed by atoms with Crippen LogP contribution in [0.4, 0.5) is 5.95 Å². The zero-order valence-corrected chi connectivity index (χ0v) is 16.4. The van der Waals surface area contributed by atoms with Gasteiger partial charge in [0.05, 0.1) is 17.7 Å². The molecule has 1 aliphatic rings. The zero-order chi connectivity index (χ0) is 19.6. The lowest BCUT2D eigenvalue weighted by Crippen LogP contribution is -2.39. The van der Waals surface area contributed by atoms with Crippen molar-refractivity contribution in [2.75, 3.05) is 32.1 Å². The summed E-state index contributed by atoms with van der Waals surface area (Å²) in [6, 6.07) is 9.85. The Morgan fingerprint density at radius 3 is 2.56 bits per heavy atom. The van der Waals surface area contributed by atoms with Crippen LogP contribution in [0.15, 0.2) is 24.3 Å². The van der Waals surface area contributed by atoms with Crippen LogP contribution in [-0.2, 0) is 0 Å². The van der Waals surface area contributed by atoms with Crippen LogP contribution >= 0.6 is 0 Å². The molecule has 1 atom stereocenters. The van der Waals surface area contributed by atoms with Gasteiger partial charge in [-0.1, -0.05) is 12.1 Å². The minimum atomic E-state index is -0.0573. The number of piperidine rings is 1. The van der Waals surface area contributed by atoms with Crippen molar-refractivity contribution in [1.82, 2.24) is 14.9 Å². The number of aromatic nitrogens is 2. The van der Waals surface area contributed by atoms with E-state index in [2.05, 4.69) is 16.0 Å². The molecular weight excluding hydrogens is 338 g/mol. The maximum absolute atomic E-state index is 12.8. The molecular formula is C21H25N5O. The number of anilines is 1. The fourth-order valence-electron chi connectivity index (χ4n) is 3.32. The molecule has 0 bridgehead atoms. The van der Waals surface area contributed by atoms with E-state index < -0.39 is 0 Å². The lowest BCUT2D eigenvalue weighted by Gasteiger charge is -2.29. The van der Waals surface area contributed by atoms with Crippen molar-refractivity contribution in [3.05, 3.63) is 41.1 Å². The number of nitrogens with zero attached hydrogens (tertiary/aromatic N) is 5. The summed E-state index contributed by atoms with van der Waals surface area (Å²) in [5, 5.41) is 9.13. The van der Waals surface area contributed by atoms with Crippen LogP contribution in [0, 0.1) is 31.1 Å². The van der Waals surface area contributed by atoms with Gasteiger partial charge >= 0.3 is 0 Å². The molecule has 1 aromatic carbocycles. The predicted molar refractivity (Wildman–Crippen MR) is 106 cm³/mol. The summed E-state index contributed by atoms with van der Waals surface area (Å²) in [6.45, 7) is 5.23. The quantitative estimate of drug-likeness (QED) is 0.837. The monoisotopic (exact) mass is 363 g/mol. The molecule has 1 fully saturated rings. The van der Waals surface area contributed by atoms with Gasteiger partial charge in [0.2, 0.25) is 5.95 Å². The lowest BCUT2D eigenvalue weighted by molar-refractivity contribution is 0.0699. The average molecular weight is 363 g/mol. The minimum absolute atomic E-state index is 0.00827. The van der Waals surface area contributed by atoms with Gasteiger partial charge in [-0.2, -0.15) is 5.26 Å². The van der Waals surface area contributed by atoms with E-state index in [0.29, 0.717) is 18.1 Å². The number of aryl methyl sites for hydroxylation is 1. The van der Waals surface area contributed by atoms with Gasteiger partial charge < -0.3 is 9.80 Å². The smallest absolute Gasteiger partial charge is 0.253 e. The summed E-state index contributed by atoms with van der Waals surface area (Å²) in [4.78, 5) is 25.6. The molecule has 2 heterocycles. The first-order valence-electron chi connectivity index (χ1n) is 9.22. The number of hydrogen-bond acceptors (Lipinski definition) is 5. The van der Waals surface area contributed by atoms with Crippen molar-refractivity contribution < 1.29 is 4.79 Å². The Labute approximate surface area is 160 Å². The highest BCUT2D eigenvalue weighted by Gasteiger charge is 2.24. The second-order valence-electron chi connectivity index (χ2n) is 7.27. The van der Waals surface area contributed by atoms with E-state index in [4.69, 9.17) is 5.26 Å². The van der Waals surface area contributed by atoms with Gasteiger partial charge in [-0.25, -0.2) is 9.97 Å². The van der Waals surface area contributed by atoms with E-state index in [-0.39, 0.29) is 11.8 Å². The number of amides is 1. The lowest BCUT2D eigenvalue weighted by atomic mass is 9.98. The summed E-state index contributed by atoms with van der Waals surface area (Å²) in [6.07, 6.45) is 1.76. The van der Waals surface area contributed by atoms with Crippen molar-refractivity contribution in [2.24, 2.45) is 5.92 Å². The molecule has 0 N–H and O–H groups in total. The molecule has 1 aromatic heterocycles. The highest BCUT2D eigenvalue weighted by Crippen LogP contribution is 2.26. The standard InChI is InChI=1S/C21H25N5O/c1-14-15(2)23-21(25(3)4)24-19(14)17-7-9-18(10-8-17)20(27)26-11-5-6-16(12-22)13-26/h7-10,16H,5-6,11,13H2,1-4H3. The SMILES string of the molecule is Cc1nc(N(C)C)nc(-c2ccc(C(=O)N3CCCC(C#N)C3)cc2)c1C. The molecule has 6 heteroatoms. The van der Waals surface area contributed by atoms with E-state index in [9.17, 15) is 4.79 Å². The van der Waals surface area contributed by atoms with Crippen LogP contribution in [0.2, 0.25) is 0 Å². The number of benzene rings is 1. The van der Waals surface area contributed by atoms with Gasteiger partial charge in [0.15, 0.2) is 0 Å². The van der Waals surface area contributed by atoms with Gasteiger partial charge in [-0.15, -0.1) is 0 Å². The molecule has 6 nitrogen and oxygen atoms in total. The summed E-state index contributed by atoms with van der Waals surface area (Å²) >= 11 is 0. The molecule has 27 heavy (non-hydrogen) atoms. The molecule has 3 rings (SSSR count). The van der Waals surface area contributed by atoms with Crippen LogP contribution in [0.1, 0.15) is 34.5 Å². The van der Waals surface area contributed by atoms with E-state index >= 15 is 0 Å². The summed E-state index contributed by atoms with van der Waals surface area (Å²) in [5.74, 6) is 0.605. The van der Waals surface area contributed by atoms with Crippen molar-refractivity contribution in [1.29, 1.82) is 5.26 Å². The average Bonchev–Trinajstić information content (AvgIpc) is 2.69. The summed E-state index contributed by atoms with van der Waals surface area (Å²) in [5.41, 5.74) is 4.47. The van der Waals surface area contributed by atoms with Gasteiger partial charge in [-0.3, -0.25) is 4.79 Å². The Morgan fingerprint density at radius 1 is 1.22 bits per heavy atom. The summed E-state index contributed by atoms with van der Waals surface area (Å²) in [7, 11) is 3.84. The normalized spacial score (nSPS) is 16.7. The second-order valence-corrected chi connectivity index (χ2v) is 7.27. The molecule has 0 aliphatic carbocycles. The molecule has 1 saturated heterocycles. The number of carbonyl (C=O) groups is 1. The van der Waals surface area contributed by atoms with Crippen LogP contribution in [0.5, 0.6) is 0 Å². The Kier molecular flexibility index (Phi) is 5.41. The third kappa shape index (κ3) is 3.92. The van der Waals surface area contributed by atoms with Crippen LogP contribution in [-0.4, -0.2) is 48.0 Å². The fourth-order valence-corrected chi connectivity index (χ4v) is 3.32. The molecule has 1 aliphatic heterocycles. The first-order chi connectivity index (χ1) is 12.9. The Bertz CT molecular complexity index is 883. The first kappa shape index (κ1) is 18.8. The van der Waals surface area contributed by atoms with Crippen LogP contribution in [0.3, 0.4) is 0 Å². The van der Waals surface area contributed by atoms with E-state index in [0.717, 1.165) is 41.9 Å². The van der Waals surface area contributed by atoms with Crippen molar-refractivity contribution in [3.63, 3.8) is 0 Å². The molecule has 0 spiro atoms. The number of carbonyl (C=O) groups excluding carboxylic acids is 1. The van der Waals surface area contributed by atoms with Crippen LogP contribution in [0.25, 0.3) is 11.3 Å². The maximum Gasteiger partial charge on any atom is 0.253 e. The van der Waals surface area contributed by atoms with Gasteiger partial charge in [0.1, 0.15) is 0 Å². The number of hydrogen-bond donors (Lipinski definition) is 0. The molecule has 0 radical (unpaired) electrons. The maximum atomic E-state index is 12.8. The highest BCUT2D eigenvalue weighted by atomic mass is 16.2. The molecule has 1 amide bonds. The molecule has 140 valence electrons. The van der Waals surface area contributed by atoms with E-state index in [1.807, 2.05) is 57.1 Å². The number of nitriles is 1. The summed E-state index contributed by atoms with van der Waals surface area (Å²) < 4.78 is 0. The third-order valence-electron chi connectivity index (χ3n) is 5.07. The largest absolute Gasteiger partial charge is 0.347 e. The predicted octanol–water partition coefficient (Wildman–Crippen LogP) is 3.20. The first-order valence-corrected chi connectivity index (χ1v) is 9.22. The van der Waals surface area contributed by atoms with Crippen molar-refractivity contribution >= 4 is 11.9 Å². The molecule has 1 unspecified atom stereocenters. The van der Waals surface area contributed by atoms with Crippen LogP contribution < -0.4 is 4.90 Å². The fraction of sp³-hybridized carbons (Fsp3) is 0.429. The van der Waals surface area contributed by atoms with Crippen molar-refractivity contribution in [3.8, 4) is 17.3 Å². The van der Waals surface area contributed by atoms with Gasteiger partial charge in [0.25, 0.3) is 5.91 Å². The Balaban J connectivity index is 1.86. The van der Waals surface area contributed by atoms with E-state index in [1.165, 1.54) is 0 Å². The Hall–Kier alpha value is -2.94. The number of rotatable bonds is 3. The Morgan fingerprint density at radius 2 is 1.93 bits per heavy atom. The van der Waals surface area contributed by atoms with Gasteiger partial charge in [0, 0.05) is 44.0 Å². The number of likely N-dealkylation sites (tertiary alicyclic amines) is 1. The second kappa shape index (κ2) is 7.75. The van der Waals surface area contributed by atoms with E-state index in [1.54, 1.807) is 4.90 Å². The molecule has 0 saturated carbocycles. The highest BCUT2D eigenvalue weighted by molar-refractivity contribution is 5.94.